The van der Waals surface area contributed by atoms with E-state index in [0.717, 1.165) is 6.42 Å². The summed E-state index contributed by atoms with van der Waals surface area (Å²) in [5.41, 5.74) is 5.28. The SMILES string of the molecule is CCC(C)(N)COC(=O)O[C@H](C)C(C)(C)C. The second-order valence-electron chi connectivity index (χ2n) is 5.67. The molecule has 0 saturated heterocycles. The van der Waals surface area contributed by atoms with E-state index in [1.165, 1.54) is 0 Å². The van der Waals surface area contributed by atoms with E-state index in [9.17, 15) is 4.79 Å². The van der Waals surface area contributed by atoms with Gasteiger partial charge in [-0.25, -0.2) is 4.79 Å². The first-order valence-electron chi connectivity index (χ1n) is 5.71. The minimum Gasteiger partial charge on any atom is -0.432 e. The number of carbonyl (C=O) groups excluding carboxylic acids is 1. The van der Waals surface area contributed by atoms with Crippen molar-refractivity contribution in [3.63, 3.8) is 0 Å². The fraction of sp³-hybridized carbons (Fsp3) is 0.917. The fourth-order valence-electron chi connectivity index (χ4n) is 0.681. The highest BCUT2D eigenvalue weighted by molar-refractivity contribution is 5.60. The van der Waals surface area contributed by atoms with Crippen molar-refractivity contribution in [2.24, 2.45) is 11.1 Å². The predicted molar refractivity (Wildman–Crippen MR) is 64.2 cm³/mol. The Hall–Kier alpha value is -0.770. The first kappa shape index (κ1) is 15.2. The molecule has 0 rings (SSSR count). The highest BCUT2D eigenvalue weighted by atomic mass is 16.7. The monoisotopic (exact) mass is 231 g/mol. The first-order chi connectivity index (χ1) is 7.08. The summed E-state index contributed by atoms with van der Waals surface area (Å²) in [6.07, 6.45) is -0.0899. The minimum atomic E-state index is -0.646. The Morgan fingerprint density at radius 3 is 2.19 bits per heavy atom. The van der Waals surface area contributed by atoms with Crippen molar-refractivity contribution in [1.82, 2.24) is 0 Å². The molecule has 0 aliphatic carbocycles. The number of hydrogen-bond donors (Lipinski definition) is 1. The van der Waals surface area contributed by atoms with Gasteiger partial charge in [0.15, 0.2) is 0 Å². The van der Waals surface area contributed by atoms with Gasteiger partial charge in [-0.15, -0.1) is 0 Å². The van der Waals surface area contributed by atoms with Crippen LogP contribution in [0.4, 0.5) is 4.79 Å². The summed E-state index contributed by atoms with van der Waals surface area (Å²) in [4.78, 5) is 11.4. The largest absolute Gasteiger partial charge is 0.508 e. The smallest absolute Gasteiger partial charge is 0.432 e. The van der Waals surface area contributed by atoms with Gasteiger partial charge in [0, 0.05) is 5.54 Å². The molecular weight excluding hydrogens is 206 g/mol. The Labute approximate surface area is 98.5 Å². The van der Waals surface area contributed by atoms with Crippen LogP contribution < -0.4 is 5.73 Å². The van der Waals surface area contributed by atoms with Crippen LogP contribution in [0.5, 0.6) is 0 Å². The summed E-state index contributed by atoms with van der Waals surface area (Å²) in [6, 6.07) is 0. The Morgan fingerprint density at radius 2 is 1.81 bits per heavy atom. The lowest BCUT2D eigenvalue weighted by Crippen LogP contribution is -2.41. The zero-order valence-electron chi connectivity index (χ0n) is 11.3. The topological polar surface area (TPSA) is 61.5 Å². The molecule has 0 saturated carbocycles. The lowest BCUT2D eigenvalue weighted by atomic mass is 9.90. The number of nitrogens with two attached hydrogens (primary N) is 1. The maximum absolute atomic E-state index is 11.4. The molecule has 16 heavy (non-hydrogen) atoms. The molecule has 0 aliphatic heterocycles. The Balaban J connectivity index is 4.02. The average molecular weight is 231 g/mol. The van der Waals surface area contributed by atoms with Crippen LogP contribution in [0.1, 0.15) is 48.0 Å². The fourth-order valence-corrected chi connectivity index (χ4v) is 0.681. The molecule has 4 heteroatoms. The zero-order valence-corrected chi connectivity index (χ0v) is 11.3. The van der Waals surface area contributed by atoms with Crippen LogP contribution in [0.25, 0.3) is 0 Å². The van der Waals surface area contributed by atoms with Gasteiger partial charge in [-0.2, -0.15) is 0 Å². The van der Waals surface area contributed by atoms with Crippen LogP contribution in [0.2, 0.25) is 0 Å². The maximum atomic E-state index is 11.4. The molecule has 2 N–H and O–H groups in total. The molecule has 0 aromatic rings. The van der Waals surface area contributed by atoms with E-state index in [2.05, 4.69) is 0 Å². The van der Waals surface area contributed by atoms with E-state index in [0.29, 0.717) is 0 Å². The van der Waals surface area contributed by atoms with Crippen LogP contribution >= 0.6 is 0 Å². The van der Waals surface area contributed by atoms with Crippen molar-refractivity contribution in [1.29, 1.82) is 0 Å². The second kappa shape index (κ2) is 5.53. The van der Waals surface area contributed by atoms with Crippen LogP contribution in [0.15, 0.2) is 0 Å². The summed E-state index contributed by atoms with van der Waals surface area (Å²) in [7, 11) is 0. The molecular formula is C12H25NO3. The Morgan fingerprint density at radius 1 is 1.31 bits per heavy atom. The molecule has 0 fully saturated rings. The van der Waals surface area contributed by atoms with Crippen molar-refractivity contribution in [3.05, 3.63) is 0 Å². The van der Waals surface area contributed by atoms with E-state index in [4.69, 9.17) is 15.2 Å². The standard InChI is InChI=1S/C12H25NO3/c1-7-12(6,13)8-15-10(14)16-9(2)11(3,4)5/h9H,7-8,13H2,1-6H3/t9-,12?/m1/s1. The first-order valence-corrected chi connectivity index (χ1v) is 5.71. The molecule has 4 nitrogen and oxygen atoms in total. The van der Waals surface area contributed by atoms with Crippen LogP contribution in [0, 0.1) is 5.41 Å². The summed E-state index contributed by atoms with van der Waals surface area (Å²) >= 11 is 0. The van der Waals surface area contributed by atoms with Gasteiger partial charge in [0.2, 0.25) is 0 Å². The molecule has 0 spiro atoms. The van der Waals surface area contributed by atoms with Crippen molar-refractivity contribution in [2.45, 2.75) is 59.6 Å². The van der Waals surface area contributed by atoms with Crippen LogP contribution in [0.3, 0.4) is 0 Å². The Kier molecular flexibility index (Phi) is 5.26. The number of ether oxygens (including phenoxy) is 2. The summed E-state index contributed by atoms with van der Waals surface area (Å²) in [5, 5.41) is 0. The molecule has 0 bridgehead atoms. The number of hydrogen-bond acceptors (Lipinski definition) is 4. The van der Waals surface area contributed by atoms with Crippen LogP contribution in [-0.4, -0.2) is 24.4 Å². The third-order valence-corrected chi connectivity index (χ3v) is 2.82. The normalized spacial score (nSPS) is 17.4. The van der Waals surface area contributed by atoms with E-state index in [1.807, 2.05) is 41.5 Å². The number of carbonyl (C=O) groups is 1. The summed E-state index contributed by atoms with van der Waals surface area (Å²) < 4.78 is 10.1. The van der Waals surface area contributed by atoms with E-state index < -0.39 is 11.7 Å². The van der Waals surface area contributed by atoms with Gasteiger partial charge in [-0.05, 0) is 25.7 Å². The maximum Gasteiger partial charge on any atom is 0.508 e. The lowest BCUT2D eigenvalue weighted by molar-refractivity contribution is -0.0155. The quantitative estimate of drug-likeness (QED) is 0.756. The van der Waals surface area contributed by atoms with Gasteiger partial charge in [0.25, 0.3) is 0 Å². The van der Waals surface area contributed by atoms with E-state index in [1.54, 1.807) is 0 Å². The van der Waals surface area contributed by atoms with Gasteiger partial charge in [0.05, 0.1) is 0 Å². The molecule has 0 heterocycles. The van der Waals surface area contributed by atoms with Gasteiger partial charge in [0.1, 0.15) is 12.7 Å². The Bertz CT molecular complexity index is 231. The van der Waals surface area contributed by atoms with Crippen LogP contribution in [-0.2, 0) is 9.47 Å². The third-order valence-electron chi connectivity index (χ3n) is 2.82. The van der Waals surface area contributed by atoms with Crippen molar-refractivity contribution in [3.8, 4) is 0 Å². The van der Waals surface area contributed by atoms with Gasteiger partial charge < -0.3 is 15.2 Å². The lowest BCUT2D eigenvalue weighted by Gasteiger charge is -2.27. The van der Waals surface area contributed by atoms with Gasteiger partial charge >= 0.3 is 6.16 Å². The van der Waals surface area contributed by atoms with Gasteiger partial charge in [-0.3, -0.25) is 0 Å². The highest BCUT2D eigenvalue weighted by Crippen LogP contribution is 2.22. The molecule has 0 aromatic heterocycles. The van der Waals surface area contributed by atoms with Crippen molar-refractivity contribution in [2.75, 3.05) is 6.61 Å². The number of rotatable bonds is 4. The molecule has 0 radical (unpaired) electrons. The molecule has 0 aliphatic rings. The molecule has 0 amide bonds. The third kappa shape index (κ3) is 5.95. The van der Waals surface area contributed by atoms with Crippen molar-refractivity contribution >= 4 is 6.16 Å². The van der Waals surface area contributed by atoms with Gasteiger partial charge in [-0.1, -0.05) is 27.7 Å². The summed E-state index contributed by atoms with van der Waals surface area (Å²) in [6.45, 7) is 11.8. The molecule has 1 unspecified atom stereocenters. The van der Waals surface area contributed by atoms with E-state index in [-0.39, 0.29) is 18.1 Å². The van der Waals surface area contributed by atoms with E-state index >= 15 is 0 Å². The van der Waals surface area contributed by atoms with Crippen molar-refractivity contribution < 1.29 is 14.3 Å². The molecule has 2 atom stereocenters. The zero-order chi connectivity index (χ0) is 13.0. The predicted octanol–water partition coefficient (Wildman–Crippen LogP) is 2.70. The highest BCUT2D eigenvalue weighted by Gasteiger charge is 2.25. The molecule has 96 valence electrons. The molecule has 0 aromatic carbocycles. The summed E-state index contributed by atoms with van der Waals surface area (Å²) in [5.74, 6) is 0. The second-order valence-corrected chi connectivity index (χ2v) is 5.67. The average Bonchev–Trinajstić information content (AvgIpc) is 2.13. The minimum absolute atomic E-state index is 0.0875.